The van der Waals surface area contributed by atoms with E-state index in [1.165, 1.54) is 10.4 Å². The quantitative estimate of drug-likeness (QED) is 0.750. The zero-order chi connectivity index (χ0) is 12.8. The Hall–Kier alpha value is -0.870. The van der Waals surface area contributed by atoms with Gasteiger partial charge in [-0.1, -0.05) is 28.1 Å². The number of rotatable bonds is 6. The lowest BCUT2D eigenvalue weighted by Crippen LogP contribution is -2.09. The first kappa shape index (κ1) is 13.6. The van der Waals surface area contributed by atoms with E-state index in [0.29, 0.717) is 5.92 Å². The van der Waals surface area contributed by atoms with E-state index in [-0.39, 0.29) is 0 Å². The molecule has 0 saturated carbocycles. The molecule has 0 N–H and O–H groups in total. The van der Waals surface area contributed by atoms with Gasteiger partial charge in [0.05, 0.1) is 12.6 Å². The third-order valence-corrected chi connectivity index (χ3v) is 4.57. The molecule has 0 aliphatic rings. The minimum atomic E-state index is 0.595. The van der Waals surface area contributed by atoms with E-state index >= 15 is 0 Å². The topological polar surface area (TPSA) is 22.1 Å². The number of thiazole rings is 1. The molecule has 0 amide bonds. The lowest BCUT2D eigenvalue weighted by Gasteiger charge is -2.13. The first-order chi connectivity index (χ1) is 8.81. The van der Waals surface area contributed by atoms with Crippen molar-refractivity contribution < 1.29 is 4.74 Å². The molecule has 1 aromatic heterocycles. The second kappa shape index (κ2) is 6.90. The predicted molar refractivity (Wildman–Crippen MR) is 79.8 cm³/mol. The summed E-state index contributed by atoms with van der Waals surface area (Å²) in [6, 6.07) is 8.30. The molecule has 0 aliphatic carbocycles. The highest BCUT2D eigenvalue weighted by Gasteiger charge is 2.11. The monoisotopic (exact) mass is 325 g/mol. The Kier molecular flexibility index (Phi) is 5.20. The summed E-state index contributed by atoms with van der Waals surface area (Å²) in [6.45, 7) is 0. The predicted octanol–water partition coefficient (Wildman–Crippen LogP) is 3.95. The number of methoxy groups -OCH3 is 1. The molecule has 1 unspecified atom stereocenters. The van der Waals surface area contributed by atoms with Gasteiger partial charge >= 0.3 is 0 Å². The molecule has 0 radical (unpaired) electrons. The summed E-state index contributed by atoms with van der Waals surface area (Å²) in [5.74, 6) is 1.52. The van der Waals surface area contributed by atoms with Crippen LogP contribution in [0.1, 0.15) is 10.4 Å². The standard InChI is InChI=1S/C14H16BrNOS/c1-17-13-4-2-3-11(6-13)5-12(8-15)7-14-9-16-10-18-14/h2-4,6,9-10,12H,5,7-8H2,1H3. The number of nitrogens with zero attached hydrogens (tertiary/aromatic N) is 1. The van der Waals surface area contributed by atoms with Gasteiger partial charge in [-0.05, 0) is 36.5 Å². The maximum Gasteiger partial charge on any atom is 0.119 e. The van der Waals surface area contributed by atoms with Crippen LogP contribution in [0, 0.1) is 5.92 Å². The van der Waals surface area contributed by atoms with Gasteiger partial charge in [-0.15, -0.1) is 11.3 Å². The smallest absolute Gasteiger partial charge is 0.119 e. The van der Waals surface area contributed by atoms with Gasteiger partial charge in [-0.3, -0.25) is 4.98 Å². The van der Waals surface area contributed by atoms with Gasteiger partial charge in [0, 0.05) is 16.4 Å². The number of ether oxygens (including phenoxy) is 1. The van der Waals surface area contributed by atoms with Crippen molar-refractivity contribution in [2.75, 3.05) is 12.4 Å². The summed E-state index contributed by atoms with van der Waals surface area (Å²) in [5, 5.41) is 1.00. The van der Waals surface area contributed by atoms with Crippen LogP contribution >= 0.6 is 27.3 Å². The molecule has 1 aromatic carbocycles. The fourth-order valence-corrected chi connectivity index (χ4v) is 3.11. The van der Waals surface area contributed by atoms with Crippen molar-refractivity contribution in [1.82, 2.24) is 4.98 Å². The Balaban J connectivity index is 2.00. The van der Waals surface area contributed by atoms with Gasteiger partial charge in [0.2, 0.25) is 0 Å². The van der Waals surface area contributed by atoms with Crippen LogP contribution in [0.2, 0.25) is 0 Å². The first-order valence-corrected chi connectivity index (χ1v) is 7.88. The second-order valence-electron chi connectivity index (χ2n) is 4.25. The maximum atomic E-state index is 5.26. The average molecular weight is 326 g/mol. The van der Waals surface area contributed by atoms with Crippen LogP contribution in [0.4, 0.5) is 0 Å². The highest BCUT2D eigenvalue weighted by Crippen LogP contribution is 2.21. The Labute approximate surface area is 120 Å². The van der Waals surface area contributed by atoms with Gasteiger partial charge in [-0.2, -0.15) is 0 Å². The van der Waals surface area contributed by atoms with Crippen LogP contribution < -0.4 is 4.74 Å². The lowest BCUT2D eigenvalue weighted by molar-refractivity contribution is 0.414. The molecule has 0 spiro atoms. The summed E-state index contributed by atoms with van der Waals surface area (Å²) >= 11 is 5.34. The number of benzene rings is 1. The van der Waals surface area contributed by atoms with Gasteiger partial charge in [0.15, 0.2) is 0 Å². The molecule has 96 valence electrons. The number of aromatic nitrogens is 1. The molecule has 4 heteroatoms. The van der Waals surface area contributed by atoms with Crippen LogP contribution in [0.5, 0.6) is 5.75 Å². The summed E-state index contributed by atoms with van der Waals surface area (Å²) in [5.41, 5.74) is 3.22. The van der Waals surface area contributed by atoms with Gasteiger partial charge in [0.25, 0.3) is 0 Å². The van der Waals surface area contributed by atoms with Crippen LogP contribution in [-0.4, -0.2) is 17.4 Å². The third kappa shape index (κ3) is 3.82. The minimum Gasteiger partial charge on any atom is -0.497 e. The van der Waals surface area contributed by atoms with E-state index in [1.54, 1.807) is 18.4 Å². The summed E-state index contributed by atoms with van der Waals surface area (Å²) in [4.78, 5) is 5.48. The first-order valence-electron chi connectivity index (χ1n) is 5.88. The number of alkyl halides is 1. The molecule has 0 saturated heterocycles. The Morgan fingerprint density at radius 1 is 1.39 bits per heavy atom. The van der Waals surface area contributed by atoms with Crippen molar-refractivity contribution in [1.29, 1.82) is 0 Å². The molecule has 2 nitrogen and oxygen atoms in total. The van der Waals surface area contributed by atoms with Crippen molar-refractivity contribution >= 4 is 27.3 Å². The van der Waals surface area contributed by atoms with Crippen molar-refractivity contribution in [2.24, 2.45) is 5.92 Å². The van der Waals surface area contributed by atoms with E-state index in [1.807, 2.05) is 23.8 Å². The lowest BCUT2D eigenvalue weighted by atomic mass is 9.97. The van der Waals surface area contributed by atoms with Crippen molar-refractivity contribution in [3.05, 3.63) is 46.4 Å². The molecular weight excluding hydrogens is 310 g/mol. The summed E-state index contributed by atoms with van der Waals surface area (Å²) in [7, 11) is 1.71. The maximum absolute atomic E-state index is 5.26. The SMILES string of the molecule is COc1cccc(CC(CBr)Cc2cncs2)c1. The van der Waals surface area contributed by atoms with Crippen LogP contribution in [0.3, 0.4) is 0 Å². The van der Waals surface area contributed by atoms with Gasteiger partial charge in [0.1, 0.15) is 5.75 Å². The number of halogens is 1. The molecule has 0 bridgehead atoms. The fraction of sp³-hybridized carbons (Fsp3) is 0.357. The normalized spacial score (nSPS) is 12.3. The fourth-order valence-electron chi connectivity index (χ4n) is 1.94. The highest BCUT2D eigenvalue weighted by atomic mass is 79.9. The zero-order valence-corrected chi connectivity index (χ0v) is 12.7. The van der Waals surface area contributed by atoms with E-state index < -0.39 is 0 Å². The van der Waals surface area contributed by atoms with Crippen molar-refractivity contribution in [3.8, 4) is 5.75 Å². The van der Waals surface area contributed by atoms with Crippen molar-refractivity contribution in [2.45, 2.75) is 12.8 Å². The molecule has 0 aliphatic heterocycles. The molecule has 1 atom stereocenters. The molecule has 18 heavy (non-hydrogen) atoms. The van der Waals surface area contributed by atoms with Crippen molar-refractivity contribution in [3.63, 3.8) is 0 Å². The van der Waals surface area contributed by atoms with Crippen LogP contribution in [0.15, 0.2) is 36.0 Å². The molecule has 2 rings (SSSR count). The Morgan fingerprint density at radius 3 is 2.94 bits per heavy atom. The Bertz CT molecular complexity index is 472. The van der Waals surface area contributed by atoms with Gasteiger partial charge in [-0.25, -0.2) is 0 Å². The van der Waals surface area contributed by atoms with E-state index in [0.717, 1.165) is 23.9 Å². The van der Waals surface area contributed by atoms with E-state index in [4.69, 9.17) is 4.74 Å². The van der Waals surface area contributed by atoms with Gasteiger partial charge < -0.3 is 4.74 Å². The largest absolute Gasteiger partial charge is 0.497 e. The molecule has 1 heterocycles. The summed E-state index contributed by atoms with van der Waals surface area (Å²) in [6.07, 6.45) is 4.10. The molecule has 0 fully saturated rings. The number of hydrogen-bond acceptors (Lipinski definition) is 3. The highest BCUT2D eigenvalue weighted by molar-refractivity contribution is 9.09. The van der Waals surface area contributed by atoms with Crippen LogP contribution in [0.25, 0.3) is 0 Å². The minimum absolute atomic E-state index is 0.595. The zero-order valence-electron chi connectivity index (χ0n) is 10.3. The summed E-state index contributed by atoms with van der Waals surface area (Å²) < 4.78 is 5.26. The third-order valence-electron chi connectivity index (χ3n) is 2.85. The average Bonchev–Trinajstić information content (AvgIpc) is 2.91. The van der Waals surface area contributed by atoms with E-state index in [2.05, 4.69) is 33.0 Å². The van der Waals surface area contributed by atoms with Crippen LogP contribution in [-0.2, 0) is 12.8 Å². The molecular formula is C14H16BrNOS. The van der Waals surface area contributed by atoms with E-state index in [9.17, 15) is 0 Å². The molecule has 2 aromatic rings. The second-order valence-corrected chi connectivity index (χ2v) is 5.87. The Morgan fingerprint density at radius 2 is 2.28 bits per heavy atom. The number of hydrogen-bond donors (Lipinski definition) is 0.